The summed E-state index contributed by atoms with van der Waals surface area (Å²) in [5.74, 6) is 0.684. The third-order valence-electron chi connectivity index (χ3n) is 5.01. The van der Waals surface area contributed by atoms with Crippen LogP contribution in [0.4, 0.5) is 20.7 Å². The van der Waals surface area contributed by atoms with Crippen molar-refractivity contribution >= 4 is 33.5 Å². The average Bonchev–Trinajstić information content (AvgIpc) is 2.73. The maximum absolute atomic E-state index is 14.2. The van der Waals surface area contributed by atoms with Crippen molar-refractivity contribution in [2.75, 3.05) is 25.1 Å². The summed E-state index contributed by atoms with van der Waals surface area (Å²) in [6.07, 6.45) is 1.07. The van der Waals surface area contributed by atoms with Crippen LogP contribution in [0.3, 0.4) is 0 Å². The van der Waals surface area contributed by atoms with Gasteiger partial charge in [-0.1, -0.05) is 12.1 Å². The number of anilines is 1. The largest absolute Gasteiger partial charge is 0.495 e. The number of methoxy groups -OCH3 is 1. The zero-order valence-corrected chi connectivity index (χ0v) is 20.1. The van der Waals surface area contributed by atoms with Gasteiger partial charge in [-0.25, -0.2) is 19.0 Å². The van der Waals surface area contributed by atoms with Crippen LogP contribution in [0.25, 0.3) is 16.1 Å². The topological polar surface area (TPSA) is 68.1 Å². The van der Waals surface area contributed by atoms with Crippen molar-refractivity contribution in [2.24, 2.45) is 0 Å². The number of carbonyl (C=O) groups excluding carboxylic acids is 1. The predicted molar refractivity (Wildman–Crippen MR) is 125 cm³/mol. The van der Waals surface area contributed by atoms with Crippen LogP contribution in [0, 0.1) is 12.4 Å². The van der Waals surface area contributed by atoms with Crippen molar-refractivity contribution in [2.45, 2.75) is 45.3 Å². The van der Waals surface area contributed by atoms with E-state index >= 15 is 0 Å². The molecule has 32 heavy (non-hydrogen) atoms. The third-order valence-corrected chi connectivity index (χ3v) is 5.78. The van der Waals surface area contributed by atoms with Crippen LogP contribution in [-0.2, 0) is 4.74 Å². The van der Waals surface area contributed by atoms with E-state index in [9.17, 15) is 9.18 Å². The summed E-state index contributed by atoms with van der Waals surface area (Å²) in [6, 6.07) is 6.27. The molecule has 0 radical (unpaired) electrons. The number of nitrogens with one attached hydrogen (secondary N) is 1. The normalized spacial score (nSPS) is 14.6. The van der Waals surface area contributed by atoms with E-state index in [0.29, 0.717) is 40.4 Å². The lowest BCUT2D eigenvalue weighted by Crippen LogP contribution is -2.46. The maximum Gasteiger partial charge on any atom is 0.407 e. The Kier molecular flexibility index (Phi) is 7.24. The number of alkyl carbamates (subject to hydrolysis) is 1. The Morgan fingerprint density at radius 1 is 1.31 bits per heavy atom. The lowest BCUT2D eigenvalue weighted by atomic mass is 10.0. The molecule has 1 aliphatic heterocycles. The number of hydrogen-bond acceptors (Lipinski definition) is 5. The Hall–Kier alpha value is -2.86. The Morgan fingerprint density at radius 3 is 2.56 bits per heavy atom. The van der Waals surface area contributed by atoms with Gasteiger partial charge < -0.3 is 19.7 Å². The summed E-state index contributed by atoms with van der Waals surface area (Å²) in [6.45, 7) is 13.9. The first kappa shape index (κ1) is 23.8. The first-order valence-corrected chi connectivity index (χ1v) is 11.1. The van der Waals surface area contributed by atoms with Crippen LogP contribution in [-0.4, -0.2) is 42.9 Å². The van der Waals surface area contributed by atoms with Gasteiger partial charge in [-0.05, 0) is 55.6 Å². The van der Waals surface area contributed by atoms with Crippen molar-refractivity contribution in [3.05, 3.63) is 46.0 Å². The fraction of sp³-hybridized carbons (Fsp3) is 0.435. The van der Waals surface area contributed by atoms with Crippen molar-refractivity contribution in [3.8, 4) is 17.0 Å². The van der Waals surface area contributed by atoms with E-state index in [4.69, 9.17) is 21.0 Å². The number of nitrogens with zero attached hydrogens (tertiary/aromatic N) is 3. The molecule has 0 aliphatic carbocycles. The number of pyridine rings is 1. The highest BCUT2D eigenvalue weighted by molar-refractivity contribution is 9.10. The second kappa shape index (κ2) is 9.74. The molecule has 1 fully saturated rings. The molecule has 0 saturated carbocycles. The number of rotatable bonds is 4. The minimum absolute atomic E-state index is 0.0215. The molecule has 1 aromatic carbocycles. The predicted octanol–water partition coefficient (Wildman–Crippen LogP) is 5.70. The molecule has 9 heteroatoms. The van der Waals surface area contributed by atoms with Gasteiger partial charge in [-0.3, -0.25) is 0 Å². The minimum Gasteiger partial charge on any atom is -0.495 e. The highest BCUT2D eigenvalue weighted by Crippen LogP contribution is 2.38. The molecule has 170 valence electrons. The van der Waals surface area contributed by atoms with E-state index in [0.717, 1.165) is 12.8 Å². The van der Waals surface area contributed by atoms with Crippen molar-refractivity contribution in [1.29, 1.82) is 0 Å². The SMILES string of the molecule is [C-]#[N+]c1ccc(-c2nc(N3CCC(NC(=O)OC(C)(C)C)CC3)cc(OC)c2Br)cc1F. The molecule has 1 saturated heterocycles. The summed E-state index contributed by atoms with van der Waals surface area (Å²) in [5, 5.41) is 2.93. The number of halogens is 2. The molecule has 2 aromatic rings. The summed E-state index contributed by atoms with van der Waals surface area (Å²) in [4.78, 5) is 22.1. The molecule has 1 aromatic heterocycles. The lowest BCUT2D eigenvalue weighted by molar-refractivity contribution is 0.0497. The standard InChI is InChI=1S/C23H26BrFN4O3/c1-23(2,3)32-22(30)27-15-8-10-29(11-9-15)19-13-18(31-5)20(24)21(28-19)14-6-7-17(26-4)16(25)12-14/h6-7,12-13,15H,8-11H2,1-3,5H3,(H,27,30). The van der Waals surface area contributed by atoms with Gasteiger partial charge in [0.15, 0.2) is 0 Å². The average molecular weight is 505 g/mol. The van der Waals surface area contributed by atoms with Crippen molar-refractivity contribution in [1.82, 2.24) is 10.3 Å². The van der Waals surface area contributed by atoms with Gasteiger partial charge in [0.1, 0.15) is 23.0 Å². The number of hydrogen-bond donors (Lipinski definition) is 1. The van der Waals surface area contributed by atoms with Gasteiger partial charge in [0.25, 0.3) is 0 Å². The highest BCUT2D eigenvalue weighted by atomic mass is 79.9. The molecule has 0 atom stereocenters. The number of carbonyl (C=O) groups is 1. The molecule has 1 aliphatic rings. The summed E-state index contributed by atoms with van der Waals surface area (Å²) in [5.41, 5.74) is 0.505. The number of aromatic nitrogens is 1. The van der Waals surface area contributed by atoms with Gasteiger partial charge >= 0.3 is 6.09 Å². The van der Waals surface area contributed by atoms with Crippen molar-refractivity contribution in [3.63, 3.8) is 0 Å². The number of amides is 1. The van der Waals surface area contributed by atoms with Gasteiger partial charge in [0.05, 0.1) is 23.8 Å². The molecular weight excluding hydrogens is 479 g/mol. The Balaban J connectivity index is 1.78. The maximum atomic E-state index is 14.2. The molecule has 0 unspecified atom stereocenters. The zero-order valence-electron chi connectivity index (χ0n) is 18.5. The highest BCUT2D eigenvalue weighted by Gasteiger charge is 2.25. The number of ether oxygens (including phenoxy) is 2. The van der Waals surface area contributed by atoms with E-state index in [1.165, 1.54) is 12.1 Å². The van der Waals surface area contributed by atoms with Crippen LogP contribution in [0.2, 0.25) is 0 Å². The van der Waals surface area contributed by atoms with Crippen LogP contribution >= 0.6 is 15.9 Å². The van der Waals surface area contributed by atoms with E-state index in [2.05, 4.69) is 31.0 Å². The molecule has 0 bridgehead atoms. The van der Waals surface area contributed by atoms with Crippen LogP contribution < -0.4 is 15.0 Å². The van der Waals surface area contributed by atoms with Gasteiger partial charge in [0.2, 0.25) is 5.69 Å². The van der Waals surface area contributed by atoms with Crippen molar-refractivity contribution < 1.29 is 18.7 Å². The first-order valence-electron chi connectivity index (χ1n) is 10.3. The Bertz CT molecular complexity index is 1040. The summed E-state index contributed by atoms with van der Waals surface area (Å²) < 4.78 is 25.7. The van der Waals surface area contributed by atoms with Crippen LogP contribution in [0.15, 0.2) is 28.7 Å². The molecular formula is C23H26BrFN4O3. The number of piperidine rings is 1. The quantitative estimate of drug-likeness (QED) is 0.540. The molecule has 1 N–H and O–H groups in total. The summed E-state index contributed by atoms with van der Waals surface area (Å²) in [7, 11) is 1.56. The van der Waals surface area contributed by atoms with E-state index in [1.54, 1.807) is 13.2 Å². The van der Waals surface area contributed by atoms with Crippen LogP contribution in [0.1, 0.15) is 33.6 Å². The first-order chi connectivity index (χ1) is 15.1. The molecule has 1 amide bonds. The molecule has 2 heterocycles. The second-order valence-corrected chi connectivity index (χ2v) is 9.32. The Morgan fingerprint density at radius 2 is 2.00 bits per heavy atom. The molecule has 3 rings (SSSR count). The summed E-state index contributed by atoms with van der Waals surface area (Å²) >= 11 is 3.51. The third kappa shape index (κ3) is 5.68. The van der Waals surface area contributed by atoms with Gasteiger partial charge in [0, 0.05) is 30.8 Å². The monoisotopic (exact) mass is 504 g/mol. The van der Waals surface area contributed by atoms with E-state index in [-0.39, 0.29) is 11.7 Å². The van der Waals surface area contributed by atoms with Gasteiger partial charge in [-0.2, -0.15) is 0 Å². The number of benzene rings is 1. The van der Waals surface area contributed by atoms with E-state index < -0.39 is 17.5 Å². The minimum atomic E-state index is -0.593. The van der Waals surface area contributed by atoms with Gasteiger partial charge in [-0.15, -0.1) is 0 Å². The molecule has 7 nitrogen and oxygen atoms in total. The van der Waals surface area contributed by atoms with Crippen LogP contribution in [0.5, 0.6) is 5.75 Å². The zero-order chi connectivity index (χ0) is 23.5. The molecule has 0 spiro atoms. The van der Waals surface area contributed by atoms with E-state index in [1.807, 2.05) is 26.8 Å². The lowest BCUT2D eigenvalue weighted by Gasteiger charge is -2.34. The Labute approximate surface area is 195 Å². The second-order valence-electron chi connectivity index (χ2n) is 8.53. The fourth-order valence-electron chi connectivity index (χ4n) is 3.47. The fourth-order valence-corrected chi connectivity index (χ4v) is 4.06. The smallest absolute Gasteiger partial charge is 0.407 e.